The first kappa shape index (κ1) is 58.5. The van der Waals surface area contributed by atoms with Gasteiger partial charge < -0.3 is 20.3 Å². The lowest BCUT2D eigenvalue weighted by Gasteiger charge is -2.24. The standard InChI is InChI=1S/C56H93NO5/c1-4-7-10-13-16-19-22-25-28-31-34-37-40-43-46-49-56(61)62-52(47-44-41-38-35-32-29-26-23-20-17-14-11-8-5-2)50-55(60)57-53(51-58)54(59)48-45-42-39-36-33-30-27-24-21-18-15-12-9-6-3/h7-8,10-11,13,16-17,19-20,22,25-26,28-29,31,34-35,38,52-54,58-59H,4-6,9,12,14-15,18,21,23-24,27,30,32-33,36-37,39-51H2,1-3H3,(H,57,60)/b10-7+,11-8+,16-13+,20-17+,22-19-,28-25-,29-26+,34-31+,38-35+. The van der Waals surface area contributed by atoms with E-state index in [2.05, 4.69) is 92.9 Å². The van der Waals surface area contributed by atoms with Gasteiger partial charge in [-0.3, -0.25) is 9.59 Å². The van der Waals surface area contributed by atoms with Crippen LogP contribution in [0.15, 0.2) is 109 Å². The summed E-state index contributed by atoms with van der Waals surface area (Å²) in [6.45, 7) is 6.19. The third-order valence-electron chi connectivity index (χ3n) is 10.7. The average molecular weight is 860 g/mol. The van der Waals surface area contributed by atoms with Crippen molar-refractivity contribution in [1.82, 2.24) is 5.32 Å². The Morgan fingerprint density at radius 2 is 0.968 bits per heavy atom. The highest BCUT2D eigenvalue weighted by molar-refractivity contribution is 5.77. The number of carbonyl (C=O) groups is 2. The quantitative estimate of drug-likeness (QED) is 0.0246. The van der Waals surface area contributed by atoms with Gasteiger partial charge >= 0.3 is 5.97 Å². The van der Waals surface area contributed by atoms with E-state index >= 15 is 0 Å². The van der Waals surface area contributed by atoms with Crippen LogP contribution in [-0.4, -0.2) is 46.9 Å². The summed E-state index contributed by atoms with van der Waals surface area (Å²) in [6.07, 6.45) is 65.7. The number of nitrogens with one attached hydrogen (secondary N) is 1. The van der Waals surface area contributed by atoms with E-state index in [-0.39, 0.29) is 24.9 Å². The molecule has 3 N–H and O–H groups in total. The van der Waals surface area contributed by atoms with Gasteiger partial charge in [0.05, 0.1) is 25.2 Å². The molecule has 0 aromatic rings. The second-order valence-electron chi connectivity index (χ2n) is 16.6. The van der Waals surface area contributed by atoms with Crippen molar-refractivity contribution in [2.24, 2.45) is 0 Å². The van der Waals surface area contributed by atoms with Gasteiger partial charge in [0.1, 0.15) is 6.10 Å². The molecule has 0 saturated carbocycles. The second-order valence-corrected chi connectivity index (χ2v) is 16.6. The zero-order valence-corrected chi connectivity index (χ0v) is 40.0. The molecule has 352 valence electrons. The molecule has 0 rings (SSSR count). The van der Waals surface area contributed by atoms with Gasteiger partial charge in [0.15, 0.2) is 0 Å². The van der Waals surface area contributed by atoms with Crippen LogP contribution in [0.25, 0.3) is 0 Å². The van der Waals surface area contributed by atoms with Crippen LogP contribution in [0.4, 0.5) is 0 Å². The number of amides is 1. The van der Waals surface area contributed by atoms with Crippen LogP contribution in [0.1, 0.15) is 207 Å². The molecule has 6 nitrogen and oxygen atoms in total. The Balaban J connectivity index is 4.76. The normalized spacial score (nSPS) is 14.2. The third-order valence-corrected chi connectivity index (χ3v) is 10.7. The van der Waals surface area contributed by atoms with Crippen LogP contribution in [0, 0.1) is 0 Å². The molecule has 0 saturated heterocycles. The van der Waals surface area contributed by atoms with Crippen molar-refractivity contribution < 1.29 is 24.5 Å². The number of aliphatic hydroxyl groups excluding tert-OH is 2. The number of unbranched alkanes of at least 4 members (excludes halogenated alkanes) is 17. The largest absolute Gasteiger partial charge is 0.462 e. The average Bonchev–Trinajstić information content (AvgIpc) is 3.26. The number of aliphatic hydroxyl groups is 2. The molecule has 0 aliphatic heterocycles. The van der Waals surface area contributed by atoms with Crippen LogP contribution >= 0.6 is 0 Å². The predicted octanol–water partition coefficient (Wildman–Crippen LogP) is 15.1. The molecule has 0 aliphatic rings. The zero-order chi connectivity index (χ0) is 45.2. The van der Waals surface area contributed by atoms with Crippen molar-refractivity contribution in [1.29, 1.82) is 0 Å². The van der Waals surface area contributed by atoms with Gasteiger partial charge in [0, 0.05) is 6.42 Å². The molecule has 0 spiro atoms. The summed E-state index contributed by atoms with van der Waals surface area (Å²) in [5.41, 5.74) is 0. The molecule has 0 aromatic heterocycles. The number of allylic oxidation sites excluding steroid dienone is 18. The highest BCUT2D eigenvalue weighted by atomic mass is 16.5. The highest BCUT2D eigenvalue weighted by Crippen LogP contribution is 2.16. The van der Waals surface area contributed by atoms with Crippen molar-refractivity contribution >= 4 is 11.9 Å². The number of hydrogen-bond acceptors (Lipinski definition) is 5. The summed E-state index contributed by atoms with van der Waals surface area (Å²) < 4.78 is 5.88. The minimum Gasteiger partial charge on any atom is -0.462 e. The Hall–Kier alpha value is -3.48. The van der Waals surface area contributed by atoms with Gasteiger partial charge in [-0.15, -0.1) is 0 Å². The highest BCUT2D eigenvalue weighted by Gasteiger charge is 2.24. The van der Waals surface area contributed by atoms with Gasteiger partial charge in [-0.1, -0.05) is 226 Å². The van der Waals surface area contributed by atoms with Gasteiger partial charge in [0.2, 0.25) is 5.91 Å². The molecule has 0 aliphatic carbocycles. The fourth-order valence-electron chi connectivity index (χ4n) is 6.98. The van der Waals surface area contributed by atoms with E-state index in [4.69, 9.17) is 4.74 Å². The summed E-state index contributed by atoms with van der Waals surface area (Å²) in [5.74, 6) is -0.588. The molecule has 3 atom stereocenters. The van der Waals surface area contributed by atoms with E-state index < -0.39 is 18.2 Å². The van der Waals surface area contributed by atoms with Crippen LogP contribution in [0.3, 0.4) is 0 Å². The van der Waals surface area contributed by atoms with E-state index in [1.807, 2.05) is 42.5 Å². The lowest BCUT2D eigenvalue weighted by Crippen LogP contribution is -2.46. The maximum atomic E-state index is 13.2. The lowest BCUT2D eigenvalue weighted by molar-refractivity contribution is -0.151. The van der Waals surface area contributed by atoms with Gasteiger partial charge in [0.25, 0.3) is 0 Å². The maximum Gasteiger partial charge on any atom is 0.306 e. The molecular weight excluding hydrogens is 767 g/mol. The molecule has 6 heteroatoms. The van der Waals surface area contributed by atoms with E-state index in [0.717, 1.165) is 89.9 Å². The first-order valence-corrected chi connectivity index (χ1v) is 25.2. The Morgan fingerprint density at radius 3 is 1.52 bits per heavy atom. The van der Waals surface area contributed by atoms with Crippen LogP contribution in [-0.2, 0) is 14.3 Å². The van der Waals surface area contributed by atoms with E-state index in [9.17, 15) is 19.8 Å². The molecule has 1 amide bonds. The predicted molar refractivity (Wildman–Crippen MR) is 268 cm³/mol. The molecule has 3 unspecified atom stereocenters. The first-order valence-electron chi connectivity index (χ1n) is 25.2. The minimum absolute atomic E-state index is 0.0156. The third kappa shape index (κ3) is 43.2. The van der Waals surface area contributed by atoms with Crippen LogP contribution in [0.2, 0.25) is 0 Å². The number of esters is 1. The number of hydrogen-bond donors (Lipinski definition) is 3. The van der Waals surface area contributed by atoms with Crippen molar-refractivity contribution in [3.63, 3.8) is 0 Å². The van der Waals surface area contributed by atoms with Crippen molar-refractivity contribution in [2.75, 3.05) is 6.61 Å². The smallest absolute Gasteiger partial charge is 0.306 e. The molecule has 0 bridgehead atoms. The summed E-state index contributed by atoms with van der Waals surface area (Å²) in [7, 11) is 0. The molecule has 0 heterocycles. The first-order chi connectivity index (χ1) is 30.5. The second kappa shape index (κ2) is 48.6. The van der Waals surface area contributed by atoms with Gasteiger partial charge in [-0.2, -0.15) is 0 Å². The van der Waals surface area contributed by atoms with Crippen molar-refractivity contribution in [2.45, 2.75) is 225 Å². The summed E-state index contributed by atoms with van der Waals surface area (Å²) in [4.78, 5) is 26.1. The molecule has 0 radical (unpaired) electrons. The van der Waals surface area contributed by atoms with E-state index in [0.29, 0.717) is 19.3 Å². The van der Waals surface area contributed by atoms with Gasteiger partial charge in [-0.05, 0) is 77.0 Å². The molecule has 62 heavy (non-hydrogen) atoms. The van der Waals surface area contributed by atoms with Crippen molar-refractivity contribution in [3.8, 4) is 0 Å². The Bertz CT molecular complexity index is 1280. The molecule has 0 fully saturated rings. The lowest BCUT2D eigenvalue weighted by atomic mass is 10.0. The SMILES string of the molecule is CC/C=C/C=C/C=C\C=C/C=C/CCCCCC(=O)OC(CCC/C=C/C/C=C/C/C=C/C/C=C/CC)CC(=O)NC(CO)C(O)CCCCCCCCCCCCCCCC. The van der Waals surface area contributed by atoms with E-state index in [1.54, 1.807) is 0 Å². The van der Waals surface area contributed by atoms with Crippen molar-refractivity contribution in [3.05, 3.63) is 109 Å². The Kier molecular flexibility index (Phi) is 45.8. The Labute approximate surface area is 381 Å². The topological polar surface area (TPSA) is 95.9 Å². The Morgan fingerprint density at radius 1 is 0.500 bits per heavy atom. The molecule has 0 aromatic carbocycles. The maximum absolute atomic E-state index is 13.2. The minimum atomic E-state index is -0.816. The summed E-state index contributed by atoms with van der Waals surface area (Å²) in [6, 6.07) is -0.735. The van der Waals surface area contributed by atoms with Crippen LogP contribution < -0.4 is 5.32 Å². The fraction of sp³-hybridized carbons (Fsp3) is 0.643. The van der Waals surface area contributed by atoms with E-state index in [1.165, 1.54) is 70.6 Å². The number of carbonyl (C=O) groups excluding carboxylic acids is 2. The summed E-state index contributed by atoms with van der Waals surface area (Å²) in [5, 5.41) is 23.7. The summed E-state index contributed by atoms with van der Waals surface area (Å²) >= 11 is 0. The number of rotatable bonds is 43. The van der Waals surface area contributed by atoms with Gasteiger partial charge in [-0.25, -0.2) is 0 Å². The monoisotopic (exact) mass is 860 g/mol. The zero-order valence-electron chi connectivity index (χ0n) is 40.0. The fourth-order valence-corrected chi connectivity index (χ4v) is 6.98. The number of ether oxygens (including phenoxy) is 1. The molecular formula is C56H93NO5. The van der Waals surface area contributed by atoms with Crippen LogP contribution in [0.5, 0.6) is 0 Å².